The molecule has 1 spiro atoms. The average Bonchev–Trinajstić information content (AvgIpc) is 3.67. The summed E-state index contributed by atoms with van der Waals surface area (Å²) in [7, 11) is -2.96. The highest BCUT2D eigenvalue weighted by atomic mass is 28.4. The van der Waals surface area contributed by atoms with Gasteiger partial charge in [-0.15, -0.1) is 0 Å². The second-order valence-electron chi connectivity index (χ2n) is 13.3. The van der Waals surface area contributed by atoms with E-state index in [1.165, 1.54) is 0 Å². The summed E-state index contributed by atoms with van der Waals surface area (Å²) < 4.78 is 6.84. The summed E-state index contributed by atoms with van der Waals surface area (Å²) in [5.41, 5.74) is 2.50. The molecule has 2 N–H and O–H groups in total. The van der Waals surface area contributed by atoms with Crippen LogP contribution in [-0.2, 0) is 37.8 Å². The third-order valence-electron chi connectivity index (χ3n) is 9.87. The molecule has 4 atom stereocenters. The minimum absolute atomic E-state index is 0.00723. The lowest BCUT2D eigenvalue weighted by Gasteiger charge is -2.32. The second kappa shape index (κ2) is 12.8. The molecule has 0 aromatic heterocycles. The first-order valence-corrected chi connectivity index (χ1v) is 19.2. The Balaban J connectivity index is 1.28. The molecule has 3 heterocycles. The zero-order chi connectivity index (χ0) is 32.6. The van der Waals surface area contributed by atoms with Crippen LogP contribution in [0.5, 0.6) is 0 Å². The Labute approximate surface area is 271 Å². The van der Waals surface area contributed by atoms with Crippen molar-refractivity contribution in [1.29, 1.82) is 0 Å². The van der Waals surface area contributed by atoms with E-state index >= 15 is 0 Å². The van der Waals surface area contributed by atoms with Gasteiger partial charge in [0.05, 0.1) is 31.4 Å². The van der Waals surface area contributed by atoms with E-state index < -0.39 is 25.6 Å². The Morgan fingerprint density at radius 2 is 1.70 bits per heavy atom. The topological polar surface area (TPSA) is 111 Å². The largest absolute Gasteiger partial charge is 0.432 e. The fourth-order valence-electron chi connectivity index (χ4n) is 7.79. The van der Waals surface area contributed by atoms with Crippen molar-refractivity contribution in [2.75, 3.05) is 29.5 Å². The first kappa shape index (κ1) is 32.1. The highest BCUT2D eigenvalue weighted by Gasteiger charge is 2.66. The number of fused-ring (bicyclic) bond motifs is 2. The maximum absolute atomic E-state index is 14.7. The van der Waals surface area contributed by atoms with E-state index in [0.717, 1.165) is 34.5 Å². The summed E-state index contributed by atoms with van der Waals surface area (Å²) in [4.78, 5) is 57.5. The van der Waals surface area contributed by atoms with Crippen molar-refractivity contribution in [1.82, 2.24) is 4.90 Å². The molecule has 2 saturated heterocycles. The summed E-state index contributed by atoms with van der Waals surface area (Å²) in [5.74, 6) is -0.653. The Morgan fingerprint density at radius 1 is 1.00 bits per heavy atom. The number of rotatable bonds is 10. The van der Waals surface area contributed by atoms with Gasteiger partial charge >= 0.3 is 0 Å². The highest BCUT2D eigenvalue weighted by molar-refractivity contribution is 6.71. The summed E-state index contributed by atoms with van der Waals surface area (Å²) in [5, 5.41) is 9.77. The molecule has 46 heavy (non-hydrogen) atoms. The standard InChI is InChI=1S/C36H43N3O6Si/c1-25-34(46(2,3)44)31(22-33(42)37(20-21-40)23-26-10-5-4-6-11-26)45-36(25)29-12-7-8-13-30(29)39(35(36)43)24-27-15-17-28(18-16-27)38-19-9-14-32(38)41/h4-8,10-13,15-18,25,31,34,40,44H,9,14,19-24H2,1-3H3/t25-,31+,34-,36+/m1/s1. The van der Waals surface area contributed by atoms with Crippen LogP contribution in [-0.4, -0.2) is 66.6 Å². The zero-order valence-electron chi connectivity index (χ0n) is 26.8. The molecule has 6 rings (SSSR count). The number of amides is 3. The number of aliphatic hydroxyl groups is 1. The fourth-order valence-corrected chi connectivity index (χ4v) is 10.3. The van der Waals surface area contributed by atoms with Crippen LogP contribution in [0.2, 0.25) is 18.6 Å². The molecular formula is C36H43N3O6Si. The molecule has 0 bridgehead atoms. The Hall–Kier alpha value is -3.83. The lowest BCUT2D eigenvalue weighted by atomic mass is 9.82. The van der Waals surface area contributed by atoms with Crippen molar-refractivity contribution in [2.45, 2.75) is 69.6 Å². The van der Waals surface area contributed by atoms with E-state index in [1.807, 2.05) is 98.9 Å². The first-order chi connectivity index (χ1) is 22.0. The number of hydrogen-bond acceptors (Lipinski definition) is 6. The molecule has 10 heteroatoms. The molecule has 242 valence electrons. The third kappa shape index (κ3) is 5.79. The van der Waals surface area contributed by atoms with Crippen LogP contribution >= 0.6 is 0 Å². The van der Waals surface area contributed by atoms with Crippen molar-refractivity contribution < 1.29 is 29.0 Å². The van der Waals surface area contributed by atoms with Crippen LogP contribution in [0.3, 0.4) is 0 Å². The number of aliphatic hydroxyl groups excluding tert-OH is 1. The average molecular weight is 642 g/mol. The van der Waals surface area contributed by atoms with Crippen molar-refractivity contribution >= 4 is 37.4 Å². The number of para-hydroxylation sites is 1. The number of benzene rings is 3. The van der Waals surface area contributed by atoms with E-state index in [-0.39, 0.29) is 43.2 Å². The van der Waals surface area contributed by atoms with Gasteiger partial charge in [0.2, 0.25) is 11.8 Å². The van der Waals surface area contributed by atoms with Gasteiger partial charge in [0.15, 0.2) is 13.9 Å². The summed E-state index contributed by atoms with van der Waals surface area (Å²) >= 11 is 0. The fraction of sp³-hybridized carbons (Fsp3) is 0.417. The predicted molar refractivity (Wildman–Crippen MR) is 178 cm³/mol. The summed E-state index contributed by atoms with van der Waals surface area (Å²) in [6, 6.07) is 25.0. The van der Waals surface area contributed by atoms with Gasteiger partial charge in [-0.05, 0) is 48.8 Å². The van der Waals surface area contributed by atoms with Gasteiger partial charge in [-0.2, -0.15) is 0 Å². The van der Waals surface area contributed by atoms with E-state index in [4.69, 9.17) is 4.74 Å². The number of nitrogens with zero attached hydrogens (tertiary/aromatic N) is 3. The van der Waals surface area contributed by atoms with E-state index in [0.29, 0.717) is 26.1 Å². The van der Waals surface area contributed by atoms with Gasteiger partial charge in [-0.25, -0.2) is 0 Å². The van der Waals surface area contributed by atoms with Gasteiger partial charge in [0.1, 0.15) is 0 Å². The Morgan fingerprint density at radius 3 is 2.35 bits per heavy atom. The zero-order valence-corrected chi connectivity index (χ0v) is 27.8. The summed E-state index contributed by atoms with van der Waals surface area (Å²) in [6.07, 6.45) is 0.731. The molecule has 0 unspecified atom stereocenters. The first-order valence-electron chi connectivity index (χ1n) is 16.2. The molecular weight excluding hydrogens is 598 g/mol. The monoisotopic (exact) mass is 641 g/mol. The van der Waals surface area contributed by atoms with Crippen molar-refractivity contribution in [3.05, 3.63) is 95.6 Å². The van der Waals surface area contributed by atoms with Crippen molar-refractivity contribution in [3.8, 4) is 0 Å². The van der Waals surface area contributed by atoms with Crippen LogP contribution in [0.15, 0.2) is 78.9 Å². The van der Waals surface area contributed by atoms with Crippen LogP contribution in [0.1, 0.15) is 42.9 Å². The van der Waals surface area contributed by atoms with E-state index in [9.17, 15) is 24.3 Å². The molecule has 3 aliphatic rings. The minimum Gasteiger partial charge on any atom is -0.432 e. The SMILES string of the molecule is C[C@@H]1[C@@H]([Si](C)(C)O)[C@H](CC(=O)N(CCO)Cc2ccccc2)O[C@@]12C(=O)N(Cc1ccc(N3CCCC3=O)cc1)c1ccccc12. The third-order valence-corrected chi connectivity index (χ3v) is 12.4. The molecule has 0 aliphatic carbocycles. The lowest BCUT2D eigenvalue weighted by Crippen LogP contribution is -2.46. The number of ether oxygens (including phenoxy) is 1. The summed E-state index contributed by atoms with van der Waals surface area (Å²) in [6.45, 7) is 7.04. The molecule has 0 radical (unpaired) electrons. The molecule has 3 amide bonds. The van der Waals surface area contributed by atoms with Crippen molar-refractivity contribution in [2.24, 2.45) is 5.92 Å². The minimum atomic E-state index is -2.96. The maximum Gasteiger partial charge on any atom is 0.264 e. The molecule has 3 aromatic rings. The lowest BCUT2D eigenvalue weighted by molar-refractivity contribution is -0.150. The van der Waals surface area contributed by atoms with Gasteiger partial charge < -0.3 is 29.3 Å². The quantitative estimate of drug-likeness (QED) is 0.314. The Bertz CT molecular complexity index is 1590. The second-order valence-corrected chi connectivity index (χ2v) is 17.3. The normalized spacial score (nSPS) is 24.2. The van der Waals surface area contributed by atoms with Crippen LogP contribution in [0.4, 0.5) is 11.4 Å². The Kier molecular flexibility index (Phi) is 8.91. The highest BCUT2D eigenvalue weighted by Crippen LogP contribution is 2.59. The number of carbonyl (C=O) groups is 3. The number of hydrogen-bond donors (Lipinski definition) is 2. The van der Waals surface area contributed by atoms with Gasteiger partial charge in [-0.3, -0.25) is 14.4 Å². The number of anilines is 2. The molecule has 0 saturated carbocycles. The van der Waals surface area contributed by atoms with Crippen LogP contribution < -0.4 is 9.80 Å². The van der Waals surface area contributed by atoms with Gasteiger partial charge in [0, 0.05) is 48.8 Å². The van der Waals surface area contributed by atoms with Crippen molar-refractivity contribution in [3.63, 3.8) is 0 Å². The van der Waals surface area contributed by atoms with Crippen LogP contribution in [0.25, 0.3) is 0 Å². The van der Waals surface area contributed by atoms with E-state index in [2.05, 4.69) is 0 Å². The molecule has 3 aromatic carbocycles. The van der Waals surface area contributed by atoms with E-state index in [1.54, 1.807) is 14.7 Å². The molecule has 3 aliphatic heterocycles. The molecule has 9 nitrogen and oxygen atoms in total. The molecule has 2 fully saturated rings. The maximum atomic E-state index is 14.7. The van der Waals surface area contributed by atoms with Crippen LogP contribution in [0, 0.1) is 5.92 Å². The smallest absolute Gasteiger partial charge is 0.264 e. The van der Waals surface area contributed by atoms with Gasteiger partial charge in [-0.1, -0.05) is 67.6 Å². The van der Waals surface area contributed by atoms with Gasteiger partial charge in [0.25, 0.3) is 5.91 Å². The number of carbonyl (C=O) groups excluding carboxylic acids is 3. The predicted octanol–water partition coefficient (Wildman–Crippen LogP) is 4.57.